The number of ether oxygens (including phenoxy) is 3. The van der Waals surface area contributed by atoms with Gasteiger partial charge < -0.3 is 14.2 Å². The molecule has 0 spiro atoms. The SMILES string of the molecule is COC(=O)c1c(CS(=O)(=O)c2ccccc2OC)ccc(Br)c1OC. The van der Waals surface area contributed by atoms with Gasteiger partial charge in [0.25, 0.3) is 0 Å². The number of carbonyl (C=O) groups is 1. The molecule has 2 aromatic rings. The van der Waals surface area contributed by atoms with Crippen LogP contribution in [0.15, 0.2) is 45.8 Å². The first kappa shape index (κ1) is 19.3. The number of hydrogen-bond donors (Lipinski definition) is 0. The number of rotatable bonds is 6. The van der Waals surface area contributed by atoms with Crippen molar-refractivity contribution in [2.24, 2.45) is 0 Å². The summed E-state index contributed by atoms with van der Waals surface area (Å²) in [6, 6.07) is 9.49. The molecule has 0 fully saturated rings. The Labute approximate surface area is 154 Å². The molecule has 0 aliphatic heterocycles. The van der Waals surface area contributed by atoms with Crippen molar-refractivity contribution in [3.63, 3.8) is 0 Å². The van der Waals surface area contributed by atoms with Crippen LogP contribution in [0.4, 0.5) is 0 Å². The van der Waals surface area contributed by atoms with E-state index in [1.807, 2.05) is 0 Å². The van der Waals surface area contributed by atoms with Crippen molar-refractivity contribution in [1.29, 1.82) is 0 Å². The van der Waals surface area contributed by atoms with Crippen molar-refractivity contribution in [3.05, 3.63) is 52.0 Å². The maximum atomic E-state index is 12.8. The summed E-state index contributed by atoms with van der Waals surface area (Å²) in [6.45, 7) is 0. The van der Waals surface area contributed by atoms with E-state index in [2.05, 4.69) is 15.9 Å². The molecule has 25 heavy (non-hydrogen) atoms. The largest absolute Gasteiger partial charge is 0.495 e. The fraction of sp³-hybridized carbons (Fsp3) is 0.235. The number of carbonyl (C=O) groups excluding carboxylic acids is 1. The molecule has 0 amide bonds. The van der Waals surface area contributed by atoms with Crippen molar-refractivity contribution in [2.45, 2.75) is 10.6 Å². The van der Waals surface area contributed by atoms with Crippen molar-refractivity contribution in [2.75, 3.05) is 21.3 Å². The van der Waals surface area contributed by atoms with Gasteiger partial charge in [0.2, 0.25) is 0 Å². The molecule has 8 heteroatoms. The molecule has 6 nitrogen and oxygen atoms in total. The van der Waals surface area contributed by atoms with Crippen LogP contribution < -0.4 is 9.47 Å². The summed E-state index contributed by atoms with van der Waals surface area (Å²) in [6.07, 6.45) is 0. The van der Waals surface area contributed by atoms with E-state index >= 15 is 0 Å². The first-order valence-electron chi connectivity index (χ1n) is 7.15. The lowest BCUT2D eigenvalue weighted by atomic mass is 10.1. The molecule has 0 saturated heterocycles. The molecule has 0 atom stereocenters. The van der Waals surface area contributed by atoms with Crippen LogP contribution in [0, 0.1) is 0 Å². The standard InChI is InChI=1S/C17H17BrO6S/c1-22-13-6-4-5-7-14(13)25(20,21)10-11-8-9-12(18)16(23-2)15(11)17(19)24-3/h4-9H,10H2,1-3H3. The normalized spacial score (nSPS) is 11.0. The summed E-state index contributed by atoms with van der Waals surface area (Å²) in [5.41, 5.74) is 0.343. The highest BCUT2D eigenvalue weighted by atomic mass is 79.9. The maximum absolute atomic E-state index is 12.8. The molecule has 0 unspecified atom stereocenters. The van der Waals surface area contributed by atoms with E-state index in [0.717, 1.165) is 0 Å². The highest BCUT2D eigenvalue weighted by Gasteiger charge is 2.26. The second-order valence-electron chi connectivity index (χ2n) is 5.02. The lowest BCUT2D eigenvalue weighted by Crippen LogP contribution is -2.13. The van der Waals surface area contributed by atoms with E-state index in [0.29, 0.717) is 4.47 Å². The van der Waals surface area contributed by atoms with Gasteiger partial charge in [-0.05, 0) is 39.7 Å². The monoisotopic (exact) mass is 428 g/mol. The van der Waals surface area contributed by atoms with Crippen LogP contribution in [0.2, 0.25) is 0 Å². The van der Waals surface area contributed by atoms with E-state index in [1.165, 1.54) is 27.4 Å². The molecule has 134 valence electrons. The molecule has 0 saturated carbocycles. The first-order chi connectivity index (χ1) is 11.9. The zero-order valence-electron chi connectivity index (χ0n) is 13.9. The fourth-order valence-electron chi connectivity index (χ4n) is 2.40. The van der Waals surface area contributed by atoms with Gasteiger partial charge in [0.05, 0.1) is 31.6 Å². The van der Waals surface area contributed by atoms with E-state index in [-0.39, 0.29) is 27.5 Å². The van der Waals surface area contributed by atoms with Gasteiger partial charge in [0.15, 0.2) is 9.84 Å². The van der Waals surface area contributed by atoms with Crippen molar-refractivity contribution < 1.29 is 27.4 Å². The summed E-state index contributed by atoms with van der Waals surface area (Å²) in [5.74, 6) is -0.615. The zero-order chi connectivity index (χ0) is 18.6. The Balaban J connectivity index is 2.58. The Hall–Kier alpha value is -2.06. The van der Waals surface area contributed by atoms with Crippen LogP contribution in [0.3, 0.4) is 0 Å². The Morgan fingerprint density at radius 1 is 1.04 bits per heavy atom. The summed E-state index contributed by atoms with van der Waals surface area (Å²) in [5, 5.41) is 0. The number of halogens is 1. The van der Waals surface area contributed by atoms with Crippen LogP contribution in [0.5, 0.6) is 11.5 Å². The number of benzene rings is 2. The molecule has 0 aromatic heterocycles. The summed E-state index contributed by atoms with van der Waals surface area (Å²) in [4.78, 5) is 12.2. The third-order valence-corrected chi connectivity index (χ3v) is 5.86. The molecule has 2 aromatic carbocycles. The third-order valence-electron chi connectivity index (χ3n) is 3.54. The molecular formula is C17H17BrO6S. The van der Waals surface area contributed by atoms with Gasteiger partial charge in [-0.3, -0.25) is 0 Å². The zero-order valence-corrected chi connectivity index (χ0v) is 16.3. The summed E-state index contributed by atoms with van der Waals surface area (Å²) < 4.78 is 41.4. The molecule has 0 bridgehead atoms. The van der Waals surface area contributed by atoms with Gasteiger partial charge in [-0.15, -0.1) is 0 Å². The minimum absolute atomic E-state index is 0.0511. The van der Waals surface area contributed by atoms with Gasteiger partial charge in [0.1, 0.15) is 22.0 Å². The number of hydrogen-bond acceptors (Lipinski definition) is 6. The van der Waals surface area contributed by atoms with Crippen LogP contribution in [0.1, 0.15) is 15.9 Å². The van der Waals surface area contributed by atoms with Gasteiger partial charge in [-0.1, -0.05) is 18.2 Å². The highest BCUT2D eigenvalue weighted by Crippen LogP contribution is 2.34. The molecule has 0 radical (unpaired) electrons. The predicted molar refractivity (Wildman–Crippen MR) is 95.9 cm³/mol. The molecule has 0 heterocycles. The smallest absolute Gasteiger partial charge is 0.342 e. The average Bonchev–Trinajstić information content (AvgIpc) is 2.61. The first-order valence-corrected chi connectivity index (χ1v) is 9.59. The van der Waals surface area contributed by atoms with E-state index in [1.54, 1.807) is 30.3 Å². The van der Waals surface area contributed by atoms with Crippen LogP contribution >= 0.6 is 15.9 Å². The van der Waals surface area contributed by atoms with Crippen LogP contribution in [0.25, 0.3) is 0 Å². The summed E-state index contributed by atoms with van der Waals surface area (Å²) >= 11 is 3.28. The number of methoxy groups -OCH3 is 3. The Bertz CT molecular complexity index is 892. The topological polar surface area (TPSA) is 78.9 Å². The quantitative estimate of drug-likeness (QED) is 0.657. The Morgan fingerprint density at radius 2 is 1.72 bits per heavy atom. The maximum Gasteiger partial charge on any atom is 0.342 e. The van der Waals surface area contributed by atoms with Crippen molar-refractivity contribution >= 4 is 31.7 Å². The molecular weight excluding hydrogens is 412 g/mol. The van der Waals surface area contributed by atoms with Crippen LogP contribution in [-0.4, -0.2) is 35.7 Å². The summed E-state index contributed by atoms with van der Waals surface area (Å²) in [7, 11) is 0.255. The molecule has 0 aliphatic carbocycles. The lowest BCUT2D eigenvalue weighted by Gasteiger charge is -2.15. The second kappa shape index (κ2) is 7.88. The van der Waals surface area contributed by atoms with Gasteiger partial charge in [-0.2, -0.15) is 0 Å². The number of sulfone groups is 1. The molecule has 2 rings (SSSR count). The van der Waals surface area contributed by atoms with E-state index in [9.17, 15) is 13.2 Å². The average molecular weight is 429 g/mol. The van der Waals surface area contributed by atoms with E-state index in [4.69, 9.17) is 14.2 Å². The van der Waals surface area contributed by atoms with E-state index < -0.39 is 21.6 Å². The van der Waals surface area contributed by atoms with Crippen molar-refractivity contribution in [1.82, 2.24) is 0 Å². The fourth-order valence-corrected chi connectivity index (χ4v) is 4.44. The van der Waals surface area contributed by atoms with Crippen LogP contribution in [-0.2, 0) is 20.3 Å². The highest BCUT2D eigenvalue weighted by molar-refractivity contribution is 9.10. The second-order valence-corrected chi connectivity index (χ2v) is 7.83. The third kappa shape index (κ3) is 3.96. The predicted octanol–water partition coefficient (Wildman–Crippen LogP) is 3.23. The van der Waals surface area contributed by atoms with Gasteiger partial charge in [-0.25, -0.2) is 13.2 Å². The number of esters is 1. The Kier molecular flexibility index (Phi) is 6.07. The minimum Gasteiger partial charge on any atom is -0.495 e. The minimum atomic E-state index is -3.76. The van der Waals surface area contributed by atoms with Crippen molar-refractivity contribution in [3.8, 4) is 11.5 Å². The Morgan fingerprint density at radius 3 is 2.32 bits per heavy atom. The number of para-hydroxylation sites is 1. The molecule has 0 N–H and O–H groups in total. The lowest BCUT2D eigenvalue weighted by molar-refractivity contribution is 0.0596. The molecule has 0 aliphatic rings. The van der Waals surface area contributed by atoms with Gasteiger partial charge >= 0.3 is 5.97 Å². The van der Waals surface area contributed by atoms with Gasteiger partial charge in [0, 0.05) is 0 Å².